The molecule has 0 aliphatic carbocycles. The van der Waals surface area contributed by atoms with Gasteiger partial charge in [0.15, 0.2) is 11.5 Å². The second-order valence-corrected chi connectivity index (χ2v) is 4.79. The zero-order chi connectivity index (χ0) is 13.8. The van der Waals surface area contributed by atoms with Crippen LogP contribution in [0.25, 0.3) is 0 Å². The van der Waals surface area contributed by atoms with Crippen LogP contribution < -0.4 is 20.1 Å². The van der Waals surface area contributed by atoms with E-state index >= 15 is 0 Å². The molecule has 1 fully saturated rings. The van der Waals surface area contributed by atoms with E-state index in [1.54, 1.807) is 32.4 Å². The van der Waals surface area contributed by atoms with Gasteiger partial charge in [0.05, 0.1) is 14.2 Å². The van der Waals surface area contributed by atoms with E-state index in [9.17, 15) is 4.79 Å². The van der Waals surface area contributed by atoms with Gasteiger partial charge in [-0.1, -0.05) is 6.92 Å². The van der Waals surface area contributed by atoms with E-state index in [0.29, 0.717) is 23.0 Å². The average molecular weight is 264 g/mol. The van der Waals surface area contributed by atoms with Crippen molar-refractivity contribution in [1.82, 2.24) is 10.6 Å². The van der Waals surface area contributed by atoms with E-state index in [1.807, 2.05) is 0 Å². The molecule has 1 saturated heterocycles. The minimum absolute atomic E-state index is 0.0819. The average Bonchev–Trinajstić information content (AvgIpc) is 2.83. The summed E-state index contributed by atoms with van der Waals surface area (Å²) >= 11 is 0. The minimum atomic E-state index is -0.0819. The quantitative estimate of drug-likeness (QED) is 0.853. The van der Waals surface area contributed by atoms with Crippen LogP contribution in [0.2, 0.25) is 0 Å². The maximum atomic E-state index is 12.2. The molecule has 1 heterocycles. The second kappa shape index (κ2) is 5.93. The lowest BCUT2D eigenvalue weighted by molar-refractivity contribution is 0.0932. The van der Waals surface area contributed by atoms with E-state index < -0.39 is 0 Å². The molecular weight excluding hydrogens is 244 g/mol. The summed E-state index contributed by atoms with van der Waals surface area (Å²) in [6.07, 6.45) is 0. The largest absolute Gasteiger partial charge is 0.493 e. The standard InChI is InChI=1S/C14H20N2O3/c1-9-7-15-8-11(9)16-14(17)10-4-5-12(18-2)13(6-10)19-3/h4-6,9,11,15H,7-8H2,1-3H3,(H,16,17). The number of hydrogen-bond acceptors (Lipinski definition) is 4. The van der Waals surface area contributed by atoms with Gasteiger partial charge < -0.3 is 20.1 Å². The number of carbonyl (C=O) groups is 1. The van der Waals surface area contributed by atoms with Crippen LogP contribution >= 0.6 is 0 Å². The predicted molar refractivity (Wildman–Crippen MR) is 72.8 cm³/mol. The number of rotatable bonds is 4. The van der Waals surface area contributed by atoms with Crippen molar-refractivity contribution in [2.45, 2.75) is 13.0 Å². The molecule has 1 aliphatic heterocycles. The van der Waals surface area contributed by atoms with E-state index in [0.717, 1.165) is 13.1 Å². The zero-order valence-electron chi connectivity index (χ0n) is 11.5. The third-order valence-corrected chi connectivity index (χ3v) is 3.48. The fourth-order valence-electron chi connectivity index (χ4n) is 2.23. The molecule has 0 radical (unpaired) electrons. The van der Waals surface area contributed by atoms with E-state index in [1.165, 1.54) is 0 Å². The van der Waals surface area contributed by atoms with Gasteiger partial charge in [0.2, 0.25) is 0 Å². The topological polar surface area (TPSA) is 59.6 Å². The highest BCUT2D eigenvalue weighted by molar-refractivity contribution is 5.95. The molecule has 5 nitrogen and oxygen atoms in total. The van der Waals surface area contributed by atoms with Crippen molar-refractivity contribution in [1.29, 1.82) is 0 Å². The number of benzene rings is 1. The minimum Gasteiger partial charge on any atom is -0.493 e. The number of carbonyl (C=O) groups excluding carboxylic acids is 1. The first-order valence-electron chi connectivity index (χ1n) is 6.39. The lowest BCUT2D eigenvalue weighted by Gasteiger charge is -2.17. The molecule has 0 bridgehead atoms. The Bertz CT molecular complexity index is 462. The molecule has 2 unspecified atom stereocenters. The fraction of sp³-hybridized carbons (Fsp3) is 0.500. The summed E-state index contributed by atoms with van der Waals surface area (Å²) in [5, 5.41) is 6.30. The van der Waals surface area contributed by atoms with Gasteiger partial charge in [0.1, 0.15) is 0 Å². The van der Waals surface area contributed by atoms with Gasteiger partial charge in [0.25, 0.3) is 5.91 Å². The van der Waals surface area contributed by atoms with Crippen LogP contribution in [0.15, 0.2) is 18.2 Å². The summed E-state index contributed by atoms with van der Waals surface area (Å²) in [5.74, 6) is 1.55. The van der Waals surface area contributed by atoms with E-state index in [4.69, 9.17) is 9.47 Å². The summed E-state index contributed by atoms with van der Waals surface area (Å²) in [6.45, 7) is 3.89. The van der Waals surface area contributed by atoms with Gasteiger partial charge in [-0.25, -0.2) is 0 Å². The number of amides is 1. The first-order valence-corrected chi connectivity index (χ1v) is 6.39. The number of nitrogens with one attached hydrogen (secondary N) is 2. The van der Waals surface area contributed by atoms with Crippen molar-refractivity contribution in [3.8, 4) is 11.5 Å². The molecule has 2 N–H and O–H groups in total. The monoisotopic (exact) mass is 264 g/mol. The number of methoxy groups -OCH3 is 2. The molecule has 1 aromatic rings. The maximum Gasteiger partial charge on any atom is 0.251 e. The molecular formula is C14H20N2O3. The van der Waals surface area contributed by atoms with Crippen LogP contribution in [0.3, 0.4) is 0 Å². The van der Waals surface area contributed by atoms with Crippen molar-refractivity contribution >= 4 is 5.91 Å². The second-order valence-electron chi connectivity index (χ2n) is 4.79. The first-order chi connectivity index (χ1) is 9.15. The van der Waals surface area contributed by atoms with E-state index in [-0.39, 0.29) is 11.9 Å². The van der Waals surface area contributed by atoms with Gasteiger partial charge in [-0.2, -0.15) is 0 Å². The first kappa shape index (κ1) is 13.7. The molecule has 0 aromatic heterocycles. The summed E-state index contributed by atoms with van der Waals surface area (Å²) in [6, 6.07) is 5.36. The molecule has 1 aromatic carbocycles. The van der Waals surface area contributed by atoms with Gasteiger partial charge >= 0.3 is 0 Å². The third-order valence-electron chi connectivity index (χ3n) is 3.48. The van der Waals surface area contributed by atoms with Gasteiger partial charge in [-0.3, -0.25) is 4.79 Å². The molecule has 2 rings (SSSR count). The van der Waals surface area contributed by atoms with Crippen molar-refractivity contribution in [3.05, 3.63) is 23.8 Å². The van der Waals surface area contributed by atoms with Crippen molar-refractivity contribution in [2.75, 3.05) is 27.3 Å². The highest BCUT2D eigenvalue weighted by Crippen LogP contribution is 2.27. The van der Waals surface area contributed by atoms with Gasteiger partial charge in [-0.05, 0) is 30.7 Å². The molecule has 0 saturated carbocycles. The lowest BCUT2D eigenvalue weighted by atomic mass is 10.1. The highest BCUT2D eigenvalue weighted by atomic mass is 16.5. The Morgan fingerprint density at radius 3 is 2.58 bits per heavy atom. The Hall–Kier alpha value is -1.75. The van der Waals surface area contributed by atoms with Crippen LogP contribution in [0.1, 0.15) is 17.3 Å². The normalized spacial score (nSPS) is 22.1. The van der Waals surface area contributed by atoms with Gasteiger partial charge in [-0.15, -0.1) is 0 Å². The predicted octanol–water partition coefficient (Wildman–Crippen LogP) is 1.04. The Morgan fingerprint density at radius 1 is 1.26 bits per heavy atom. The fourth-order valence-corrected chi connectivity index (χ4v) is 2.23. The van der Waals surface area contributed by atoms with Crippen molar-refractivity contribution in [3.63, 3.8) is 0 Å². The zero-order valence-corrected chi connectivity index (χ0v) is 11.5. The Balaban J connectivity index is 2.10. The molecule has 5 heteroatoms. The van der Waals surface area contributed by atoms with Crippen molar-refractivity contribution in [2.24, 2.45) is 5.92 Å². The van der Waals surface area contributed by atoms with Gasteiger partial charge in [0, 0.05) is 18.2 Å². The van der Waals surface area contributed by atoms with Crippen molar-refractivity contribution < 1.29 is 14.3 Å². The maximum absolute atomic E-state index is 12.2. The Labute approximate surface area is 113 Å². The third kappa shape index (κ3) is 2.98. The van der Waals surface area contributed by atoms with Crippen LogP contribution in [-0.4, -0.2) is 39.3 Å². The summed E-state index contributed by atoms with van der Waals surface area (Å²) < 4.78 is 10.4. The summed E-state index contributed by atoms with van der Waals surface area (Å²) in [4.78, 5) is 12.2. The SMILES string of the molecule is COc1ccc(C(=O)NC2CNCC2C)cc1OC. The summed E-state index contributed by atoms with van der Waals surface area (Å²) in [5.41, 5.74) is 0.580. The number of hydrogen-bond donors (Lipinski definition) is 2. The molecule has 1 amide bonds. The lowest BCUT2D eigenvalue weighted by Crippen LogP contribution is -2.39. The Morgan fingerprint density at radius 2 is 2.00 bits per heavy atom. The van der Waals surface area contributed by atoms with Crippen LogP contribution in [0.4, 0.5) is 0 Å². The molecule has 1 aliphatic rings. The number of ether oxygens (including phenoxy) is 2. The van der Waals surface area contributed by atoms with Crippen LogP contribution in [0, 0.1) is 5.92 Å². The van der Waals surface area contributed by atoms with Crippen LogP contribution in [-0.2, 0) is 0 Å². The van der Waals surface area contributed by atoms with Crippen LogP contribution in [0.5, 0.6) is 11.5 Å². The smallest absolute Gasteiger partial charge is 0.251 e. The molecule has 2 atom stereocenters. The summed E-state index contributed by atoms with van der Waals surface area (Å²) in [7, 11) is 3.13. The molecule has 19 heavy (non-hydrogen) atoms. The van der Waals surface area contributed by atoms with E-state index in [2.05, 4.69) is 17.6 Å². The Kier molecular flexibility index (Phi) is 4.27. The molecule has 0 spiro atoms. The highest BCUT2D eigenvalue weighted by Gasteiger charge is 2.25. The molecule has 104 valence electrons.